The molecule has 1 N–H and O–H groups in total. The van der Waals surface area contributed by atoms with Crippen molar-refractivity contribution in [3.63, 3.8) is 0 Å². The molecule has 0 saturated carbocycles. The van der Waals surface area contributed by atoms with E-state index in [0.29, 0.717) is 11.3 Å². The van der Waals surface area contributed by atoms with Gasteiger partial charge in [0.1, 0.15) is 5.56 Å². The van der Waals surface area contributed by atoms with Crippen LogP contribution in [0.4, 0.5) is 5.69 Å². The highest BCUT2D eigenvalue weighted by atomic mass is 16.4. The summed E-state index contributed by atoms with van der Waals surface area (Å²) in [5.41, 5.74) is 1.40. The van der Waals surface area contributed by atoms with E-state index in [9.17, 15) is 9.59 Å². The van der Waals surface area contributed by atoms with E-state index >= 15 is 0 Å². The van der Waals surface area contributed by atoms with E-state index in [0.717, 1.165) is 5.69 Å². The van der Waals surface area contributed by atoms with Crippen molar-refractivity contribution in [2.75, 3.05) is 19.0 Å². The van der Waals surface area contributed by atoms with E-state index in [1.54, 1.807) is 31.3 Å². The molecule has 1 heterocycles. The highest BCUT2D eigenvalue weighted by Crippen LogP contribution is 2.15. The van der Waals surface area contributed by atoms with E-state index in [4.69, 9.17) is 5.11 Å². The topological polar surface area (TPSA) is 62.5 Å². The Labute approximate surface area is 116 Å². The van der Waals surface area contributed by atoms with Crippen LogP contribution in [0.5, 0.6) is 0 Å². The number of hydrogen-bond donors (Lipinski definition) is 1. The predicted octanol–water partition coefficient (Wildman–Crippen LogP) is 1.91. The van der Waals surface area contributed by atoms with Crippen LogP contribution in [0.15, 0.2) is 41.3 Å². The van der Waals surface area contributed by atoms with Gasteiger partial charge >= 0.3 is 5.97 Å². The number of anilines is 1. The SMILES string of the molecule is Cc1ccn(-c2ccc(N(C)C)cc2)c(=O)c1C(=O)O. The molecule has 0 unspecified atom stereocenters. The van der Waals surface area contributed by atoms with Crippen LogP contribution in [-0.2, 0) is 0 Å². The Hall–Kier alpha value is -2.56. The summed E-state index contributed by atoms with van der Waals surface area (Å²) in [4.78, 5) is 25.3. The lowest BCUT2D eigenvalue weighted by atomic mass is 10.1. The van der Waals surface area contributed by atoms with Crippen LogP contribution in [0.2, 0.25) is 0 Å². The number of pyridine rings is 1. The lowest BCUT2D eigenvalue weighted by molar-refractivity contribution is 0.0694. The van der Waals surface area contributed by atoms with Gasteiger partial charge in [0, 0.05) is 31.7 Å². The number of carboxylic acid groups (broad SMARTS) is 1. The molecule has 0 spiro atoms. The molecule has 0 aliphatic heterocycles. The Morgan fingerprint density at radius 2 is 1.75 bits per heavy atom. The fraction of sp³-hybridized carbons (Fsp3) is 0.200. The summed E-state index contributed by atoms with van der Waals surface area (Å²) < 4.78 is 1.34. The minimum atomic E-state index is -1.20. The molecule has 2 aromatic rings. The lowest BCUT2D eigenvalue weighted by Gasteiger charge is -2.14. The number of hydrogen-bond acceptors (Lipinski definition) is 3. The van der Waals surface area contributed by atoms with Gasteiger partial charge in [-0.3, -0.25) is 9.36 Å². The van der Waals surface area contributed by atoms with E-state index in [1.807, 2.05) is 31.1 Å². The minimum absolute atomic E-state index is 0.191. The molecule has 1 aromatic heterocycles. The van der Waals surface area contributed by atoms with Crippen molar-refractivity contribution in [2.45, 2.75) is 6.92 Å². The van der Waals surface area contributed by atoms with Crippen molar-refractivity contribution in [3.05, 3.63) is 58.0 Å². The number of aromatic carboxylic acids is 1. The standard InChI is InChI=1S/C15H16N2O3/c1-10-8-9-17(14(18)13(10)15(19)20)12-6-4-11(5-7-12)16(2)3/h4-9H,1-3H3,(H,19,20). The zero-order valence-corrected chi connectivity index (χ0v) is 11.6. The Morgan fingerprint density at radius 1 is 1.15 bits per heavy atom. The molecular formula is C15H16N2O3. The Balaban J connectivity index is 2.56. The second kappa shape index (κ2) is 5.21. The van der Waals surface area contributed by atoms with Crippen LogP contribution in [0, 0.1) is 6.92 Å². The summed E-state index contributed by atoms with van der Waals surface area (Å²) in [5.74, 6) is -1.20. The Bertz CT molecular complexity index is 700. The summed E-state index contributed by atoms with van der Waals surface area (Å²) in [6.45, 7) is 1.62. The van der Waals surface area contributed by atoms with Gasteiger partial charge in [-0.25, -0.2) is 4.79 Å². The van der Waals surface area contributed by atoms with Gasteiger partial charge < -0.3 is 10.0 Å². The van der Waals surface area contributed by atoms with E-state index in [2.05, 4.69) is 0 Å². The van der Waals surface area contributed by atoms with Gasteiger partial charge in [-0.05, 0) is 42.8 Å². The summed E-state index contributed by atoms with van der Waals surface area (Å²) in [6, 6.07) is 8.96. The molecule has 0 amide bonds. The highest BCUT2D eigenvalue weighted by molar-refractivity contribution is 5.88. The fourth-order valence-electron chi connectivity index (χ4n) is 2.00. The molecule has 0 saturated heterocycles. The third kappa shape index (κ3) is 2.42. The Morgan fingerprint density at radius 3 is 2.25 bits per heavy atom. The van der Waals surface area contributed by atoms with E-state index in [-0.39, 0.29) is 5.56 Å². The van der Waals surface area contributed by atoms with Gasteiger partial charge in [0.15, 0.2) is 0 Å². The smallest absolute Gasteiger partial charge is 0.341 e. The van der Waals surface area contributed by atoms with Crippen LogP contribution in [0.3, 0.4) is 0 Å². The highest BCUT2D eigenvalue weighted by Gasteiger charge is 2.14. The number of aryl methyl sites for hydroxylation is 1. The molecule has 0 aliphatic carbocycles. The van der Waals surface area contributed by atoms with Gasteiger partial charge in [0.25, 0.3) is 5.56 Å². The fourth-order valence-corrected chi connectivity index (χ4v) is 2.00. The third-order valence-electron chi connectivity index (χ3n) is 3.16. The number of nitrogens with zero attached hydrogens (tertiary/aromatic N) is 2. The third-order valence-corrected chi connectivity index (χ3v) is 3.16. The quantitative estimate of drug-likeness (QED) is 0.927. The van der Waals surface area contributed by atoms with Crippen molar-refractivity contribution in [3.8, 4) is 5.69 Å². The first-order valence-electron chi connectivity index (χ1n) is 6.15. The van der Waals surface area contributed by atoms with Gasteiger partial charge in [-0.1, -0.05) is 0 Å². The van der Waals surface area contributed by atoms with Crippen LogP contribution in [0.1, 0.15) is 15.9 Å². The van der Waals surface area contributed by atoms with Gasteiger partial charge in [0.2, 0.25) is 0 Å². The van der Waals surface area contributed by atoms with Crippen LogP contribution >= 0.6 is 0 Å². The summed E-state index contributed by atoms with van der Waals surface area (Å²) in [5, 5.41) is 9.11. The molecule has 0 bridgehead atoms. The first kappa shape index (κ1) is 13.9. The molecule has 0 fully saturated rings. The average molecular weight is 272 g/mol. The van der Waals surface area contributed by atoms with Crippen LogP contribution in [-0.4, -0.2) is 29.7 Å². The second-order valence-electron chi connectivity index (χ2n) is 4.76. The number of carboxylic acids is 1. The second-order valence-corrected chi connectivity index (χ2v) is 4.76. The molecule has 5 heteroatoms. The monoisotopic (exact) mass is 272 g/mol. The normalized spacial score (nSPS) is 10.3. The summed E-state index contributed by atoms with van der Waals surface area (Å²) >= 11 is 0. The van der Waals surface area contributed by atoms with E-state index < -0.39 is 11.5 Å². The van der Waals surface area contributed by atoms with Crippen LogP contribution < -0.4 is 10.5 Å². The average Bonchev–Trinajstić information content (AvgIpc) is 2.38. The first-order valence-corrected chi connectivity index (χ1v) is 6.15. The minimum Gasteiger partial charge on any atom is -0.477 e. The maximum absolute atomic E-state index is 12.2. The zero-order valence-electron chi connectivity index (χ0n) is 11.6. The van der Waals surface area contributed by atoms with Crippen molar-refractivity contribution >= 4 is 11.7 Å². The molecule has 104 valence electrons. The number of carbonyl (C=O) groups is 1. The van der Waals surface area contributed by atoms with Crippen molar-refractivity contribution in [2.24, 2.45) is 0 Å². The molecule has 0 radical (unpaired) electrons. The zero-order chi connectivity index (χ0) is 14.9. The molecule has 0 atom stereocenters. The number of benzene rings is 1. The van der Waals surface area contributed by atoms with Crippen molar-refractivity contribution in [1.82, 2.24) is 4.57 Å². The van der Waals surface area contributed by atoms with Gasteiger partial charge in [0.05, 0.1) is 0 Å². The molecule has 1 aromatic carbocycles. The number of rotatable bonds is 3. The maximum Gasteiger partial charge on any atom is 0.341 e. The molecule has 5 nitrogen and oxygen atoms in total. The maximum atomic E-state index is 12.2. The summed E-state index contributed by atoms with van der Waals surface area (Å²) in [6.07, 6.45) is 1.59. The van der Waals surface area contributed by atoms with Gasteiger partial charge in [-0.2, -0.15) is 0 Å². The molecular weight excluding hydrogens is 256 g/mol. The largest absolute Gasteiger partial charge is 0.477 e. The van der Waals surface area contributed by atoms with E-state index in [1.165, 1.54) is 4.57 Å². The number of aromatic nitrogens is 1. The molecule has 2 rings (SSSR count). The molecule has 20 heavy (non-hydrogen) atoms. The predicted molar refractivity (Wildman–Crippen MR) is 78.1 cm³/mol. The van der Waals surface area contributed by atoms with Gasteiger partial charge in [-0.15, -0.1) is 0 Å². The summed E-state index contributed by atoms with van der Waals surface area (Å²) in [7, 11) is 3.85. The Kier molecular flexibility index (Phi) is 3.61. The lowest BCUT2D eigenvalue weighted by Crippen LogP contribution is -2.26. The molecule has 0 aliphatic rings. The first-order chi connectivity index (χ1) is 9.41. The van der Waals surface area contributed by atoms with Crippen molar-refractivity contribution in [1.29, 1.82) is 0 Å². The van der Waals surface area contributed by atoms with Crippen molar-refractivity contribution < 1.29 is 9.90 Å². The van der Waals surface area contributed by atoms with Crippen LogP contribution in [0.25, 0.3) is 5.69 Å².